The Balaban J connectivity index is 0. The molecule has 0 aromatic carbocycles. The fraction of sp³-hybridized carbons (Fsp3) is 1.00. The number of hydrogen-bond donors (Lipinski definition) is 0. The zero-order valence-electron chi connectivity index (χ0n) is 4.97. The van der Waals surface area contributed by atoms with Crippen molar-refractivity contribution >= 4 is 23.2 Å². The predicted molar refractivity (Wildman–Crippen MR) is 32.9 cm³/mol. The summed E-state index contributed by atoms with van der Waals surface area (Å²) in [5.74, 6) is 0. The number of alkyl halides is 5. The lowest BCUT2D eigenvalue weighted by Crippen LogP contribution is -2.16. The van der Waals surface area contributed by atoms with E-state index in [1.807, 2.05) is 13.8 Å². The predicted octanol–water partition coefficient (Wildman–Crippen LogP) is 3.38. The van der Waals surface area contributed by atoms with Crippen molar-refractivity contribution in [1.29, 1.82) is 0 Å². The molecule has 0 saturated carbocycles. The van der Waals surface area contributed by atoms with E-state index in [0.29, 0.717) is 0 Å². The maximum atomic E-state index is 11.1. The van der Waals surface area contributed by atoms with Crippen LogP contribution in [0.5, 0.6) is 0 Å². The first-order chi connectivity index (χ1) is 3.94. The Hall–Kier alpha value is 0.370. The third kappa shape index (κ3) is 8.37. The Morgan fingerprint density at radius 1 is 1.33 bits per heavy atom. The van der Waals surface area contributed by atoms with Crippen LogP contribution in [0.4, 0.5) is 13.2 Å². The van der Waals surface area contributed by atoms with Gasteiger partial charge in [-0.2, -0.15) is 8.78 Å². The fourth-order valence-corrected chi connectivity index (χ4v) is 0. The van der Waals surface area contributed by atoms with Gasteiger partial charge in [-0.3, -0.25) is 0 Å². The zero-order valence-corrected chi connectivity index (χ0v) is 6.48. The van der Waals surface area contributed by atoms with Crippen molar-refractivity contribution in [3.05, 3.63) is 0 Å². The summed E-state index contributed by atoms with van der Waals surface area (Å²) in [5, 5.41) is -3.93. The summed E-state index contributed by atoms with van der Waals surface area (Å²) < 4.78 is 33.3. The van der Waals surface area contributed by atoms with Crippen LogP contribution < -0.4 is 0 Å². The average molecular weight is 183 g/mol. The number of rotatable bonds is 1. The molecule has 1 unspecified atom stereocenters. The van der Waals surface area contributed by atoms with Crippen LogP contribution in [0.1, 0.15) is 13.8 Å². The van der Waals surface area contributed by atoms with E-state index in [-0.39, 0.29) is 0 Å². The second-order valence-electron chi connectivity index (χ2n) is 0.842. The van der Waals surface area contributed by atoms with E-state index < -0.39 is 11.0 Å². The van der Waals surface area contributed by atoms with E-state index in [4.69, 9.17) is 0 Å². The van der Waals surface area contributed by atoms with Crippen LogP contribution in [-0.2, 0) is 0 Å². The summed E-state index contributed by atoms with van der Waals surface area (Å²) in [4.78, 5) is 0. The second kappa shape index (κ2) is 5.18. The highest BCUT2D eigenvalue weighted by Crippen LogP contribution is 2.28. The van der Waals surface area contributed by atoms with Gasteiger partial charge in [0.2, 0.25) is 0 Å². The maximum absolute atomic E-state index is 11.1. The summed E-state index contributed by atoms with van der Waals surface area (Å²) in [7, 11) is 0. The molecule has 0 N–H and O–H groups in total. The highest BCUT2D eigenvalue weighted by Gasteiger charge is 2.35. The molecular weight excluding hydrogens is 176 g/mol. The Labute approximate surface area is 61.9 Å². The first-order valence-electron chi connectivity index (χ1n) is 2.29. The van der Waals surface area contributed by atoms with E-state index in [0.717, 1.165) is 0 Å². The minimum atomic E-state index is -3.93. The van der Waals surface area contributed by atoms with Crippen LogP contribution in [0.2, 0.25) is 0 Å². The highest BCUT2D eigenvalue weighted by molar-refractivity contribution is 6.30. The molecule has 0 aliphatic heterocycles. The molecule has 0 radical (unpaired) electrons. The second-order valence-corrected chi connectivity index (χ2v) is 1.73. The Kier molecular flexibility index (Phi) is 6.95. The van der Waals surface area contributed by atoms with Crippen molar-refractivity contribution in [2.75, 3.05) is 0 Å². The van der Waals surface area contributed by atoms with Gasteiger partial charge in [0.25, 0.3) is 5.63 Å². The molecule has 0 fully saturated rings. The van der Waals surface area contributed by atoms with Gasteiger partial charge in [0.1, 0.15) is 0 Å². The fourth-order valence-electron chi connectivity index (χ4n) is 0. The zero-order chi connectivity index (χ0) is 8.08. The first kappa shape index (κ1) is 12.1. The molecule has 58 valence electrons. The van der Waals surface area contributed by atoms with Crippen molar-refractivity contribution in [2.24, 2.45) is 0 Å². The van der Waals surface area contributed by atoms with Crippen molar-refractivity contribution in [3.8, 4) is 0 Å². The van der Waals surface area contributed by atoms with Gasteiger partial charge in [0, 0.05) is 0 Å². The molecule has 0 heterocycles. The van der Waals surface area contributed by atoms with Gasteiger partial charge in [0.05, 0.1) is 0 Å². The van der Waals surface area contributed by atoms with Gasteiger partial charge in [-0.1, -0.05) is 25.4 Å². The summed E-state index contributed by atoms with van der Waals surface area (Å²) in [6, 6.07) is 0. The molecule has 0 bridgehead atoms. The maximum Gasteiger partial charge on any atom is 0.366 e. The lowest BCUT2D eigenvalue weighted by atomic mass is 10.8. The van der Waals surface area contributed by atoms with Gasteiger partial charge in [0.15, 0.2) is 0 Å². The van der Waals surface area contributed by atoms with Gasteiger partial charge < -0.3 is 0 Å². The number of halogens is 5. The summed E-state index contributed by atoms with van der Waals surface area (Å²) in [6.45, 7) is 4.00. The molecule has 0 amide bonds. The minimum Gasteiger partial charge on any atom is -0.222 e. The minimum absolute atomic E-state index is 2.00. The molecule has 0 aliphatic carbocycles. The monoisotopic (exact) mass is 182 g/mol. The lowest BCUT2D eigenvalue weighted by Gasteiger charge is -2.03. The summed E-state index contributed by atoms with van der Waals surface area (Å²) >= 11 is 8.23. The van der Waals surface area contributed by atoms with Crippen LogP contribution in [0.3, 0.4) is 0 Å². The van der Waals surface area contributed by atoms with E-state index >= 15 is 0 Å². The van der Waals surface area contributed by atoms with Crippen molar-refractivity contribution in [1.82, 2.24) is 0 Å². The highest BCUT2D eigenvalue weighted by atomic mass is 35.5. The molecule has 0 saturated heterocycles. The molecule has 0 rings (SSSR count). The summed E-state index contributed by atoms with van der Waals surface area (Å²) in [5.41, 5.74) is -2.80. The van der Waals surface area contributed by atoms with Crippen LogP contribution in [0.15, 0.2) is 0 Å². The van der Waals surface area contributed by atoms with Gasteiger partial charge in [-0.15, -0.1) is 0 Å². The standard InChI is InChI=1S/C2HCl2F3.C2H6/c3-1(5)2(4,6)7;1-2/h1H;1-2H3. The number of hydrogen-bond acceptors (Lipinski definition) is 0. The van der Waals surface area contributed by atoms with Gasteiger partial charge >= 0.3 is 5.38 Å². The van der Waals surface area contributed by atoms with Crippen LogP contribution >= 0.6 is 23.2 Å². The smallest absolute Gasteiger partial charge is 0.222 e. The average Bonchev–Trinajstić information content (AvgIpc) is 1.69. The molecule has 0 aliphatic rings. The van der Waals surface area contributed by atoms with Gasteiger partial charge in [-0.25, -0.2) is 4.39 Å². The van der Waals surface area contributed by atoms with E-state index in [1.54, 1.807) is 0 Å². The normalized spacial score (nSPS) is 13.7. The Morgan fingerprint density at radius 3 is 1.44 bits per heavy atom. The van der Waals surface area contributed by atoms with Crippen LogP contribution in [0, 0.1) is 0 Å². The molecular formula is C4H7Cl2F3. The summed E-state index contributed by atoms with van der Waals surface area (Å²) in [6.07, 6.45) is 0. The Bertz CT molecular complexity index is 59.3. The largest absolute Gasteiger partial charge is 0.366 e. The molecule has 0 nitrogen and oxygen atoms in total. The van der Waals surface area contributed by atoms with Crippen molar-refractivity contribution in [3.63, 3.8) is 0 Å². The van der Waals surface area contributed by atoms with E-state index in [2.05, 4.69) is 23.2 Å². The third-order valence-electron chi connectivity index (χ3n) is 0.247. The molecule has 1 atom stereocenters. The van der Waals surface area contributed by atoms with E-state index in [1.165, 1.54) is 0 Å². The molecule has 0 spiro atoms. The van der Waals surface area contributed by atoms with Crippen molar-refractivity contribution < 1.29 is 13.2 Å². The Morgan fingerprint density at radius 2 is 1.44 bits per heavy atom. The lowest BCUT2D eigenvalue weighted by molar-refractivity contribution is 0.0451. The van der Waals surface area contributed by atoms with Crippen LogP contribution in [-0.4, -0.2) is 11.0 Å². The van der Waals surface area contributed by atoms with Gasteiger partial charge in [-0.05, 0) is 11.6 Å². The molecule has 0 aromatic heterocycles. The SMILES string of the molecule is CC.FC(Cl)C(F)(F)Cl. The quantitative estimate of drug-likeness (QED) is 0.546. The molecule has 0 aromatic rings. The third-order valence-corrected chi connectivity index (χ3v) is 0.825. The first-order valence-corrected chi connectivity index (χ1v) is 3.11. The molecule has 5 heteroatoms. The van der Waals surface area contributed by atoms with E-state index in [9.17, 15) is 13.2 Å². The molecule has 9 heavy (non-hydrogen) atoms. The van der Waals surface area contributed by atoms with Crippen LogP contribution in [0.25, 0.3) is 0 Å². The van der Waals surface area contributed by atoms with Crippen molar-refractivity contribution in [2.45, 2.75) is 24.9 Å². The topological polar surface area (TPSA) is 0 Å².